The molecule has 1 fully saturated rings. The van der Waals surface area contributed by atoms with E-state index in [0.717, 1.165) is 39.2 Å². The summed E-state index contributed by atoms with van der Waals surface area (Å²) >= 11 is 0. The second-order valence-electron chi connectivity index (χ2n) is 7.60. The predicted molar refractivity (Wildman–Crippen MR) is 124 cm³/mol. The Morgan fingerprint density at radius 3 is 2.81 bits per heavy atom. The van der Waals surface area contributed by atoms with Crippen molar-refractivity contribution in [2.45, 2.75) is 19.8 Å². The Morgan fingerprint density at radius 2 is 2.06 bits per heavy atom. The van der Waals surface area contributed by atoms with Crippen molar-refractivity contribution in [1.29, 1.82) is 0 Å². The van der Waals surface area contributed by atoms with Crippen LogP contribution in [0.15, 0.2) is 73.2 Å². The van der Waals surface area contributed by atoms with E-state index in [9.17, 15) is 0 Å². The van der Waals surface area contributed by atoms with Crippen LogP contribution in [0.1, 0.15) is 25.5 Å². The number of pyridine rings is 2. The fourth-order valence-corrected chi connectivity index (χ4v) is 3.52. The molecule has 4 aromatic rings. The summed E-state index contributed by atoms with van der Waals surface area (Å²) in [5.74, 6) is 1.20. The van der Waals surface area contributed by atoms with Crippen molar-refractivity contribution >= 4 is 27.8 Å². The van der Waals surface area contributed by atoms with E-state index in [0.29, 0.717) is 23.1 Å². The van der Waals surface area contributed by atoms with Gasteiger partial charge in [0.1, 0.15) is 5.52 Å². The Labute approximate surface area is 179 Å². The molecular formula is C24H23N7. The molecule has 31 heavy (non-hydrogen) atoms. The van der Waals surface area contributed by atoms with Gasteiger partial charge in [0.05, 0.1) is 16.7 Å². The van der Waals surface area contributed by atoms with E-state index in [1.54, 1.807) is 12.3 Å². The summed E-state index contributed by atoms with van der Waals surface area (Å²) in [6, 6.07) is 7.77. The highest BCUT2D eigenvalue weighted by Gasteiger charge is 2.24. The Morgan fingerprint density at radius 1 is 1.19 bits per heavy atom. The Bertz CT molecular complexity index is 1330. The number of nitrogens with zero attached hydrogens (tertiary/aromatic N) is 4. The molecule has 0 bridgehead atoms. The molecule has 7 nitrogen and oxygen atoms in total. The van der Waals surface area contributed by atoms with Crippen LogP contribution in [0.2, 0.25) is 0 Å². The first-order valence-electron chi connectivity index (χ1n) is 10.3. The molecule has 1 aliphatic carbocycles. The molecule has 4 heterocycles. The van der Waals surface area contributed by atoms with Gasteiger partial charge in [0.25, 0.3) is 0 Å². The molecular weight excluding hydrogens is 386 g/mol. The molecule has 5 rings (SSSR count). The van der Waals surface area contributed by atoms with Gasteiger partial charge in [-0.25, -0.2) is 15.0 Å². The minimum Gasteiger partial charge on any atom is -0.359 e. The summed E-state index contributed by atoms with van der Waals surface area (Å²) in [5, 5.41) is 10.9. The molecule has 3 N–H and O–H groups in total. The van der Waals surface area contributed by atoms with E-state index in [1.807, 2.05) is 43.3 Å². The third-order valence-electron chi connectivity index (χ3n) is 5.40. The molecule has 0 atom stereocenters. The molecule has 0 spiro atoms. The largest absolute Gasteiger partial charge is 0.359 e. The van der Waals surface area contributed by atoms with Gasteiger partial charge in [0.15, 0.2) is 17.2 Å². The molecule has 1 aliphatic rings. The highest BCUT2D eigenvalue weighted by atomic mass is 15.2. The summed E-state index contributed by atoms with van der Waals surface area (Å²) in [4.78, 5) is 17.0. The van der Waals surface area contributed by atoms with E-state index >= 15 is 0 Å². The minimum absolute atomic E-state index is 0.568. The maximum Gasteiger partial charge on any atom is 0.178 e. The monoisotopic (exact) mass is 409 g/mol. The zero-order chi connectivity index (χ0) is 21.4. The average Bonchev–Trinajstić information content (AvgIpc) is 3.43. The van der Waals surface area contributed by atoms with Crippen molar-refractivity contribution in [2.24, 2.45) is 5.92 Å². The quantitative estimate of drug-likeness (QED) is 0.378. The van der Waals surface area contributed by atoms with Crippen LogP contribution in [-0.2, 0) is 0 Å². The number of rotatable bonds is 7. The smallest absolute Gasteiger partial charge is 0.178 e. The van der Waals surface area contributed by atoms with Gasteiger partial charge >= 0.3 is 0 Å². The summed E-state index contributed by atoms with van der Waals surface area (Å²) < 4.78 is 0. The third-order valence-corrected chi connectivity index (χ3v) is 5.40. The number of aromatic amines is 2. The van der Waals surface area contributed by atoms with Crippen LogP contribution in [0.3, 0.4) is 0 Å². The number of fused-ring (bicyclic) bond motifs is 2. The Hall–Kier alpha value is -4.00. The normalized spacial score (nSPS) is 14.9. The van der Waals surface area contributed by atoms with Crippen LogP contribution in [0.5, 0.6) is 0 Å². The molecule has 154 valence electrons. The Balaban J connectivity index is 1.52. The summed E-state index contributed by atoms with van der Waals surface area (Å²) in [6.07, 6.45) is 10.0. The minimum atomic E-state index is 0.568. The van der Waals surface area contributed by atoms with Gasteiger partial charge in [-0.15, -0.1) is 0 Å². The van der Waals surface area contributed by atoms with E-state index in [-0.39, 0.29) is 0 Å². The molecule has 0 aliphatic heterocycles. The molecule has 0 aromatic carbocycles. The number of allylic oxidation sites excluding steroid dienone is 5. The zero-order valence-electron chi connectivity index (χ0n) is 17.3. The second kappa shape index (κ2) is 7.68. The number of aromatic nitrogens is 6. The lowest BCUT2D eigenvalue weighted by Crippen LogP contribution is -2.11. The van der Waals surface area contributed by atoms with Crippen LogP contribution in [-0.4, -0.2) is 30.1 Å². The van der Waals surface area contributed by atoms with E-state index in [2.05, 4.69) is 43.6 Å². The maximum absolute atomic E-state index is 4.90. The van der Waals surface area contributed by atoms with Gasteiger partial charge < -0.3 is 10.3 Å². The van der Waals surface area contributed by atoms with Gasteiger partial charge in [-0.2, -0.15) is 5.10 Å². The fraction of sp³-hybridized carbons (Fsp3) is 0.167. The van der Waals surface area contributed by atoms with Crippen molar-refractivity contribution in [1.82, 2.24) is 35.5 Å². The third kappa shape index (κ3) is 3.66. The highest BCUT2D eigenvalue weighted by molar-refractivity contribution is 5.91. The van der Waals surface area contributed by atoms with E-state index < -0.39 is 0 Å². The van der Waals surface area contributed by atoms with Crippen molar-refractivity contribution in [3.8, 4) is 11.5 Å². The van der Waals surface area contributed by atoms with Crippen LogP contribution >= 0.6 is 0 Å². The molecule has 0 amide bonds. The van der Waals surface area contributed by atoms with Crippen LogP contribution in [0.25, 0.3) is 39.3 Å². The van der Waals surface area contributed by atoms with Gasteiger partial charge in [-0.05, 0) is 67.7 Å². The number of imidazole rings is 1. The van der Waals surface area contributed by atoms with Crippen LogP contribution in [0, 0.1) is 5.92 Å². The number of hydrogen-bond acceptors (Lipinski definition) is 5. The second-order valence-corrected chi connectivity index (χ2v) is 7.60. The summed E-state index contributed by atoms with van der Waals surface area (Å²) in [7, 11) is 0. The van der Waals surface area contributed by atoms with Crippen LogP contribution in [0.4, 0.5) is 0 Å². The van der Waals surface area contributed by atoms with Gasteiger partial charge in [0.2, 0.25) is 0 Å². The molecule has 0 unspecified atom stereocenters. The summed E-state index contributed by atoms with van der Waals surface area (Å²) in [5.41, 5.74) is 7.53. The lowest BCUT2D eigenvalue weighted by atomic mass is 10.1. The molecule has 1 saturated carbocycles. The molecule has 7 heteroatoms. The van der Waals surface area contributed by atoms with Gasteiger partial charge in [-0.3, -0.25) is 5.10 Å². The lowest BCUT2D eigenvalue weighted by Gasteiger charge is -2.11. The first kappa shape index (κ1) is 19.0. The highest BCUT2D eigenvalue weighted by Crippen LogP contribution is 2.34. The van der Waals surface area contributed by atoms with Crippen molar-refractivity contribution < 1.29 is 0 Å². The van der Waals surface area contributed by atoms with Gasteiger partial charge in [0, 0.05) is 17.6 Å². The molecule has 0 saturated heterocycles. The fourth-order valence-electron chi connectivity index (χ4n) is 3.52. The van der Waals surface area contributed by atoms with Gasteiger partial charge in [-0.1, -0.05) is 19.2 Å². The lowest BCUT2D eigenvalue weighted by molar-refractivity contribution is 0.865. The predicted octanol–water partition coefficient (Wildman–Crippen LogP) is 4.88. The first-order valence-corrected chi connectivity index (χ1v) is 10.3. The first-order chi connectivity index (χ1) is 15.2. The topological polar surface area (TPSA) is 95.2 Å². The number of nitrogens with one attached hydrogen (secondary N) is 3. The standard InChI is InChI=1S/C24H23N7/c1-4-15(13-17(5-2)26-14(3)16-8-9-16)18-10-11-19-21(27-18)22(31-30-19)24-28-20-7-6-12-25-23(20)29-24/h4-7,10-13,16,26H,2-3,8-9H2,1H3,(H,30,31)(H,25,28,29)/b15-4+,17-13+. The average molecular weight is 409 g/mol. The molecule has 4 aromatic heterocycles. The Kier molecular flexibility index (Phi) is 4.71. The van der Waals surface area contributed by atoms with Crippen molar-refractivity contribution in [2.75, 3.05) is 0 Å². The summed E-state index contributed by atoms with van der Waals surface area (Å²) in [6.45, 7) is 10.1. The maximum atomic E-state index is 4.90. The van der Waals surface area contributed by atoms with Crippen molar-refractivity contribution in [3.63, 3.8) is 0 Å². The van der Waals surface area contributed by atoms with Crippen molar-refractivity contribution in [3.05, 3.63) is 78.9 Å². The van der Waals surface area contributed by atoms with E-state index in [1.165, 1.54) is 12.8 Å². The number of H-pyrrole nitrogens is 2. The SMILES string of the molecule is C=C/C(=C\C(=C/C)c1ccc2[nH]nc(-c3nc4ncccc4[nH]3)c2n1)NC(=C)C1CC1. The van der Waals surface area contributed by atoms with E-state index in [4.69, 9.17) is 4.98 Å². The number of hydrogen-bond donors (Lipinski definition) is 3. The van der Waals surface area contributed by atoms with Crippen LogP contribution < -0.4 is 5.32 Å². The zero-order valence-corrected chi connectivity index (χ0v) is 17.3. The molecule has 0 radical (unpaired) electrons.